The molecule has 34 heavy (non-hydrogen) atoms. The van der Waals surface area contributed by atoms with Gasteiger partial charge >= 0.3 is 0 Å². The van der Waals surface area contributed by atoms with E-state index in [1.165, 1.54) is 32.1 Å². The van der Waals surface area contributed by atoms with Gasteiger partial charge in [0.1, 0.15) is 0 Å². The zero-order valence-corrected chi connectivity index (χ0v) is 21.6. The third-order valence-electron chi connectivity index (χ3n) is 7.94. The maximum absolute atomic E-state index is 13.0. The van der Waals surface area contributed by atoms with Crippen LogP contribution in [0.3, 0.4) is 0 Å². The molecule has 4 atom stereocenters. The molecule has 0 aromatic heterocycles. The van der Waals surface area contributed by atoms with E-state index in [2.05, 4.69) is 29.4 Å². The Morgan fingerprint density at radius 3 is 2.68 bits per heavy atom. The Balaban J connectivity index is 1.26. The van der Waals surface area contributed by atoms with Crippen molar-refractivity contribution in [1.82, 2.24) is 15.5 Å². The van der Waals surface area contributed by atoms with E-state index in [0.717, 1.165) is 49.2 Å². The molecule has 2 saturated carbocycles. The molecule has 0 spiro atoms. The van der Waals surface area contributed by atoms with Crippen molar-refractivity contribution in [2.75, 3.05) is 13.1 Å². The molecule has 5 nitrogen and oxygen atoms in total. The SMILES string of the molecule is CCC(C)N(CCNC(=O)C1CCC2S/C(=C\c3ccccc3)C(=O)NC2C1)C1CCCCC1. The summed E-state index contributed by atoms with van der Waals surface area (Å²) in [6.45, 7) is 6.23. The lowest BCUT2D eigenvalue weighted by molar-refractivity contribution is -0.127. The third kappa shape index (κ3) is 6.45. The summed E-state index contributed by atoms with van der Waals surface area (Å²) in [5.74, 6) is 0.150. The second-order valence-electron chi connectivity index (χ2n) is 10.2. The Bertz CT molecular complexity index is 852. The van der Waals surface area contributed by atoms with Crippen LogP contribution < -0.4 is 10.6 Å². The molecule has 4 unspecified atom stereocenters. The molecule has 186 valence electrons. The van der Waals surface area contributed by atoms with Crippen molar-refractivity contribution in [3.63, 3.8) is 0 Å². The fourth-order valence-electron chi connectivity index (χ4n) is 5.79. The number of nitrogens with zero attached hydrogens (tertiary/aromatic N) is 1. The summed E-state index contributed by atoms with van der Waals surface area (Å²) in [5, 5.41) is 6.79. The van der Waals surface area contributed by atoms with Gasteiger partial charge in [0.25, 0.3) is 5.91 Å². The first kappa shape index (κ1) is 25.3. The molecular weight excluding hydrogens is 442 g/mol. The Morgan fingerprint density at radius 1 is 1.18 bits per heavy atom. The lowest BCUT2D eigenvalue weighted by Gasteiger charge is -2.40. The molecule has 2 N–H and O–H groups in total. The zero-order valence-electron chi connectivity index (χ0n) is 20.8. The van der Waals surface area contributed by atoms with Crippen molar-refractivity contribution >= 4 is 29.7 Å². The van der Waals surface area contributed by atoms with E-state index in [9.17, 15) is 9.59 Å². The van der Waals surface area contributed by atoms with Crippen LogP contribution in [0.4, 0.5) is 0 Å². The molecule has 1 heterocycles. The van der Waals surface area contributed by atoms with Crippen molar-refractivity contribution < 1.29 is 9.59 Å². The minimum atomic E-state index is -0.00663. The number of benzene rings is 1. The highest BCUT2D eigenvalue weighted by Gasteiger charge is 2.39. The first-order valence-electron chi connectivity index (χ1n) is 13.3. The Morgan fingerprint density at radius 2 is 1.94 bits per heavy atom. The minimum absolute atomic E-state index is 0.00599. The van der Waals surface area contributed by atoms with Crippen molar-refractivity contribution in [3.8, 4) is 0 Å². The molecule has 3 aliphatic rings. The minimum Gasteiger partial charge on any atom is -0.355 e. The van der Waals surface area contributed by atoms with E-state index >= 15 is 0 Å². The molecule has 6 heteroatoms. The number of carbonyl (C=O) groups is 2. The zero-order chi connectivity index (χ0) is 23.9. The average molecular weight is 484 g/mol. The smallest absolute Gasteiger partial charge is 0.257 e. The van der Waals surface area contributed by atoms with Gasteiger partial charge in [-0.15, -0.1) is 11.8 Å². The number of hydrogen-bond donors (Lipinski definition) is 2. The number of fused-ring (bicyclic) bond motifs is 1. The summed E-state index contributed by atoms with van der Waals surface area (Å²) >= 11 is 1.69. The summed E-state index contributed by atoms with van der Waals surface area (Å²) in [4.78, 5) is 29.1. The lowest BCUT2D eigenvalue weighted by Crippen LogP contribution is -2.52. The topological polar surface area (TPSA) is 61.4 Å². The Hall–Kier alpha value is -1.79. The van der Waals surface area contributed by atoms with Gasteiger partial charge in [-0.1, -0.05) is 56.5 Å². The van der Waals surface area contributed by atoms with Gasteiger partial charge in [0, 0.05) is 42.4 Å². The molecule has 4 rings (SSSR count). The second kappa shape index (κ2) is 12.3. The normalized spacial score (nSPS) is 27.8. The van der Waals surface area contributed by atoms with Crippen LogP contribution in [0, 0.1) is 5.92 Å². The number of carbonyl (C=O) groups excluding carboxylic acids is 2. The predicted molar refractivity (Wildman–Crippen MR) is 141 cm³/mol. The van der Waals surface area contributed by atoms with Gasteiger partial charge < -0.3 is 10.6 Å². The maximum Gasteiger partial charge on any atom is 0.257 e. The van der Waals surface area contributed by atoms with E-state index in [1.807, 2.05) is 36.4 Å². The van der Waals surface area contributed by atoms with E-state index in [-0.39, 0.29) is 23.8 Å². The summed E-state index contributed by atoms with van der Waals surface area (Å²) < 4.78 is 0. The molecule has 1 aromatic rings. The average Bonchev–Trinajstić information content (AvgIpc) is 2.87. The van der Waals surface area contributed by atoms with Gasteiger partial charge in [-0.2, -0.15) is 0 Å². The van der Waals surface area contributed by atoms with Gasteiger partial charge in [-0.3, -0.25) is 14.5 Å². The summed E-state index contributed by atoms with van der Waals surface area (Å²) in [6, 6.07) is 11.3. The van der Waals surface area contributed by atoms with Crippen LogP contribution in [-0.2, 0) is 9.59 Å². The first-order valence-corrected chi connectivity index (χ1v) is 14.2. The van der Waals surface area contributed by atoms with Crippen molar-refractivity contribution in [3.05, 3.63) is 40.8 Å². The molecule has 1 saturated heterocycles. The largest absolute Gasteiger partial charge is 0.355 e. The Kier molecular flexibility index (Phi) is 9.12. The second-order valence-corrected chi connectivity index (χ2v) is 11.5. The summed E-state index contributed by atoms with van der Waals surface area (Å²) in [7, 11) is 0. The van der Waals surface area contributed by atoms with Crippen molar-refractivity contribution in [2.45, 2.75) is 95.0 Å². The van der Waals surface area contributed by atoms with Crippen LogP contribution in [0.5, 0.6) is 0 Å². The summed E-state index contributed by atoms with van der Waals surface area (Å²) in [6.07, 6.45) is 12.3. The molecule has 1 aliphatic heterocycles. The lowest BCUT2D eigenvalue weighted by atomic mass is 9.84. The molecule has 0 bridgehead atoms. The van der Waals surface area contributed by atoms with Crippen LogP contribution in [-0.4, -0.2) is 53.2 Å². The monoisotopic (exact) mass is 483 g/mol. The molecular formula is C28H41N3O2S. The van der Waals surface area contributed by atoms with Gasteiger partial charge in [0.2, 0.25) is 5.91 Å². The van der Waals surface area contributed by atoms with Crippen LogP contribution >= 0.6 is 11.8 Å². The number of rotatable bonds is 8. The molecule has 2 aliphatic carbocycles. The van der Waals surface area contributed by atoms with Crippen molar-refractivity contribution in [2.24, 2.45) is 5.92 Å². The molecule has 2 amide bonds. The number of nitrogens with one attached hydrogen (secondary N) is 2. The molecule has 1 aromatic carbocycles. The predicted octanol–water partition coefficient (Wildman–Crippen LogP) is 4.98. The molecule has 0 radical (unpaired) electrons. The standard InChI is InChI=1S/C28H41N3O2S/c1-3-20(2)31(23-12-8-5-9-13-23)17-16-29-27(32)22-14-15-25-24(19-22)30-28(33)26(34-25)18-21-10-6-4-7-11-21/h4,6-7,10-11,18,20,22-25H,3,5,8-9,12-17,19H2,1-2H3,(H,29,32)(H,30,33)/b26-18-. The van der Waals surface area contributed by atoms with Crippen LogP contribution in [0.15, 0.2) is 35.2 Å². The first-order chi connectivity index (χ1) is 16.5. The number of amides is 2. The highest BCUT2D eigenvalue weighted by atomic mass is 32.2. The Labute approximate surface area is 209 Å². The number of thioether (sulfide) groups is 1. The summed E-state index contributed by atoms with van der Waals surface area (Å²) in [5.41, 5.74) is 1.05. The van der Waals surface area contributed by atoms with Crippen molar-refractivity contribution in [1.29, 1.82) is 0 Å². The van der Waals surface area contributed by atoms with Gasteiger partial charge in [0.05, 0.1) is 4.91 Å². The quantitative estimate of drug-likeness (QED) is 0.512. The third-order valence-corrected chi connectivity index (χ3v) is 9.37. The van der Waals surface area contributed by atoms with Crippen LogP contribution in [0.1, 0.15) is 77.2 Å². The maximum atomic E-state index is 13.0. The van der Waals surface area contributed by atoms with Gasteiger partial charge in [0.15, 0.2) is 0 Å². The van der Waals surface area contributed by atoms with Gasteiger partial charge in [-0.25, -0.2) is 0 Å². The molecule has 3 fully saturated rings. The number of hydrogen-bond acceptors (Lipinski definition) is 4. The fraction of sp³-hybridized carbons (Fsp3) is 0.643. The van der Waals surface area contributed by atoms with E-state index in [1.54, 1.807) is 11.8 Å². The van der Waals surface area contributed by atoms with E-state index in [4.69, 9.17) is 0 Å². The van der Waals surface area contributed by atoms with E-state index in [0.29, 0.717) is 17.3 Å². The van der Waals surface area contributed by atoms with Crippen LogP contribution in [0.25, 0.3) is 6.08 Å². The van der Waals surface area contributed by atoms with E-state index < -0.39 is 0 Å². The van der Waals surface area contributed by atoms with Gasteiger partial charge in [-0.05, 0) is 57.1 Å². The highest BCUT2D eigenvalue weighted by molar-refractivity contribution is 8.04. The fourth-order valence-corrected chi connectivity index (χ4v) is 7.09. The highest BCUT2D eigenvalue weighted by Crippen LogP contribution is 2.40. The van der Waals surface area contributed by atoms with Crippen LogP contribution in [0.2, 0.25) is 0 Å².